The number of carbonyl (C=O) groups is 2. The SMILES string of the molecule is CC(=O)C(=O)c1sc2ccccc2c1OCc1ccccc1. The minimum Gasteiger partial charge on any atom is -0.487 e. The summed E-state index contributed by atoms with van der Waals surface area (Å²) in [6.07, 6.45) is 0. The average molecular weight is 310 g/mol. The highest BCUT2D eigenvalue weighted by Crippen LogP contribution is 2.38. The van der Waals surface area contributed by atoms with Crippen LogP contribution in [0.4, 0.5) is 0 Å². The minimum absolute atomic E-state index is 0.361. The van der Waals surface area contributed by atoms with Crippen molar-refractivity contribution < 1.29 is 14.3 Å². The first-order valence-corrected chi connectivity index (χ1v) is 7.72. The predicted octanol–water partition coefficient (Wildman–Crippen LogP) is 4.25. The zero-order valence-corrected chi connectivity index (χ0v) is 12.9. The van der Waals surface area contributed by atoms with Crippen molar-refractivity contribution in [2.45, 2.75) is 13.5 Å². The number of thiophene rings is 1. The van der Waals surface area contributed by atoms with Crippen LogP contribution >= 0.6 is 11.3 Å². The molecule has 0 unspecified atom stereocenters. The van der Waals surface area contributed by atoms with Crippen LogP contribution in [0.25, 0.3) is 10.1 Å². The van der Waals surface area contributed by atoms with Gasteiger partial charge in [0.05, 0.1) is 0 Å². The van der Waals surface area contributed by atoms with Crippen LogP contribution in [-0.2, 0) is 11.4 Å². The van der Waals surface area contributed by atoms with Crippen LogP contribution in [0.3, 0.4) is 0 Å². The fourth-order valence-electron chi connectivity index (χ4n) is 2.20. The fourth-order valence-corrected chi connectivity index (χ4v) is 3.34. The summed E-state index contributed by atoms with van der Waals surface area (Å²) in [5.41, 5.74) is 1.01. The van der Waals surface area contributed by atoms with Crippen LogP contribution in [0.1, 0.15) is 22.2 Å². The molecule has 0 aliphatic rings. The highest BCUT2D eigenvalue weighted by atomic mass is 32.1. The Morgan fingerprint density at radius 1 is 1.00 bits per heavy atom. The molecule has 3 rings (SSSR count). The molecular weight excluding hydrogens is 296 g/mol. The zero-order valence-electron chi connectivity index (χ0n) is 12.0. The highest BCUT2D eigenvalue weighted by Gasteiger charge is 2.22. The lowest BCUT2D eigenvalue weighted by Gasteiger charge is -2.07. The Morgan fingerprint density at radius 3 is 2.41 bits per heavy atom. The van der Waals surface area contributed by atoms with Crippen LogP contribution in [0.5, 0.6) is 5.75 Å². The van der Waals surface area contributed by atoms with Gasteiger partial charge in [-0.2, -0.15) is 0 Å². The molecule has 110 valence electrons. The van der Waals surface area contributed by atoms with Gasteiger partial charge < -0.3 is 4.74 Å². The van der Waals surface area contributed by atoms with Gasteiger partial charge in [-0.1, -0.05) is 42.5 Å². The van der Waals surface area contributed by atoms with Crippen molar-refractivity contribution in [2.24, 2.45) is 0 Å². The molecule has 0 radical (unpaired) electrons. The molecule has 0 saturated heterocycles. The third kappa shape index (κ3) is 2.78. The molecule has 1 heterocycles. The van der Waals surface area contributed by atoms with Crippen molar-refractivity contribution in [1.82, 2.24) is 0 Å². The summed E-state index contributed by atoms with van der Waals surface area (Å²) in [4.78, 5) is 24.0. The van der Waals surface area contributed by atoms with Crippen molar-refractivity contribution in [3.8, 4) is 5.75 Å². The first-order chi connectivity index (χ1) is 10.7. The van der Waals surface area contributed by atoms with Gasteiger partial charge in [0.2, 0.25) is 11.6 Å². The Balaban J connectivity index is 2.00. The normalized spacial score (nSPS) is 10.6. The molecule has 0 aliphatic heterocycles. The van der Waals surface area contributed by atoms with Crippen molar-refractivity contribution >= 4 is 33.0 Å². The van der Waals surface area contributed by atoms with E-state index in [2.05, 4.69) is 0 Å². The standard InChI is InChI=1S/C18H14O3S/c1-12(19)16(20)18-17(14-9-5-6-10-15(14)22-18)21-11-13-7-3-2-4-8-13/h2-10H,11H2,1H3. The summed E-state index contributed by atoms with van der Waals surface area (Å²) < 4.78 is 6.83. The number of ketones is 2. The molecule has 0 atom stereocenters. The second-order valence-electron chi connectivity index (χ2n) is 4.92. The zero-order chi connectivity index (χ0) is 15.5. The van der Waals surface area contributed by atoms with Gasteiger partial charge in [0.25, 0.3) is 0 Å². The lowest BCUT2D eigenvalue weighted by Crippen LogP contribution is -2.09. The molecule has 0 saturated carbocycles. The Hall–Kier alpha value is -2.46. The number of hydrogen-bond acceptors (Lipinski definition) is 4. The number of rotatable bonds is 5. The van der Waals surface area contributed by atoms with Crippen molar-refractivity contribution in [2.75, 3.05) is 0 Å². The molecule has 4 heteroatoms. The number of benzene rings is 2. The summed E-state index contributed by atoms with van der Waals surface area (Å²) in [7, 11) is 0. The van der Waals surface area contributed by atoms with Gasteiger partial charge in [0.15, 0.2) is 0 Å². The average Bonchev–Trinajstić information content (AvgIpc) is 2.91. The summed E-state index contributed by atoms with van der Waals surface area (Å²) in [5.74, 6) is -0.468. The highest BCUT2D eigenvalue weighted by molar-refractivity contribution is 7.22. The largest absolute Gasteiger partial charge is 0.487 e. The van der Waals surface area contributed by atoms with E-state index in [0.717, 1.165) is 15.6 Å². The number of fused-ring (bicyclic) bond motifs is 1. The van der Waals surface area contributed by atoms with Crippen molar-refractivity contribution in [3.63, 3.8) is 0 Å². The number of Topliss-reactive ketones (excluding diaryl/α,β-unsaturated/α-hetero) is 2. The van der Waals surface area contributed by atoms with E-state index in [1.54, 1.807) is 0 Å². The second-order valence-corrected chi connectivity index (χ2v) is 5.97. The first-order valence-electron chi connectivity index (χ1n) is 6.90. The molecule has 1 aromatic heterocycles. The molecule has 22 heavy (non-hydrogen) atoms. The Labute approximate surface area is 132 Å². The number of hydrogen-bond donors (Lipinski definition) is 0. The second kappa shape index (κ2) is 6.12. The fraction of sp³-hybridized carbons (Fsp3) is 0.111. The molecule has 3 aromatic rings. The van der Waals surface area contributed by atoms with Gasteiger partial charge in [-0.05, 0) is 17.7 Å². The Bertz CT molecular complexity index is 834. The van der Waals surface area contributed by atoms with Crippen LogP contribution in [0, 0.1) is 0 Å². The molecule has 0 amide bonds. The maximum absolute atomic E-state index is 12.1. The van der Waals surface area contributed by atoms with E-state index in [-0.39, 0.29) is 0 Å². The molecule has 0 N–H and O–H groups in total. The third-order valence-electron chi connectivity index (χ3n) is 3.30. The van der Waals surface area contributed by atoms with Gasteiger partial charge in [0, 0.05) is 17.0 Å². The van der Waals surface area contributed by atoms with E-state index in [0.29, 0.717) is 17.2 Å². The van der Waals surface area contributed by atoms with E-state index < -0.39 is 11.6 Å². The van der Waals surface area contributed by atoms with E-state index in [9.17, 15) is 9.59 Å². The number of ether oxygens (including phenoxy) is 1. The van der Waals surface area contributed by atoms with Crippen LogP contribution in [0.2, 0.25) is 0 Å². The van der Waals surface area contributed by atoms with E-state index in [4.69, 9.17) is 4.74 Å². The quantitative estimate of drug-likeness (QED) is 0.522. The monoisotopic (exact) mass is 310 g/mol. The summed E-state index contributed by atoms with van der Waals surface area (Å²) in [6, 6.07) is 17.4. The van der Waals surface area contributed by atoms with E-state index in [1.165, 1.54) is 18.3 Å². The van der Waals surface area contributed by atoms with Crippen LogP contribution < -0.4 is 4.74 Å². The van der Waals surface area contributed by atoms with Gasteiger partial charge in [-0.25, -0.2) is 0 Å². The van der Waals surface area contributed by atoms with E-state index in [1.807, 2.05) is 54.6 Å². The molecule has 2 aromatic carbocycles. The minimum atomic E-state index is -0.496. The maximum atomic E-state index is 12.1. The van der Waals surface area contributed by atoms with Gasteiger partial charge in [-0.3, -0.25) is 9.59 Å². The Kier molecular flexibility index (Phi) is 4.02. The summed E-state index contributed by atoms with van der Waals surface area (Å²) >= 11 is 1.30. The molecule has 3 nitrogen and oxygen atoms in total. The maximum Gasteiger partial charge on any atom is 0.241 e. The van der Waals surface area contributed by atoms with Crippen molar-refractivity contribution in [1.29, 1.82) is 0 Å². The Morgan fingerprint density at radius 2 is 1.68 bits per heavy atom. The predicted molar refractivity (Wildman–Crippen MR) is 87.6 cm³/mol. The van der Waals surface area contributed by atoms with Gasteiger partial charge >= 0.3 is 0 Å². The molecular formula is C18H14O3S. The van der Waals surface area contributed by atoms with Gasteiger partial charge in [-0.15, -0.1) is 11.3 Å². The number of carbonyl (C=O) groups excluding carboxylic acids is 2. The topological polar surface area (TPSA) is 43.4 Å². The van der Waals surface area contributed by atoms with Crippen molar-refractivity contribution in [3.05, 3.63) is 65.0 Å². The van der Waals surface area contributed by atoms with Crippen LogP contribution in [-0.4, -0.2) is 11.6 Å². The smallest absolute Gasteiger partial charge is 0.241 e. The van der Waals surface area contributed by atoms with Crippen LogP contribution in [0.15, 0.2) is 54.6 Å². The summed E-state index contributed by atoms with van der Waals surface area (Å²) in [5, 5.41) is 0.869. The molecule has 0 fully saturated rings. The first kappa shape index (κ1) is 14.5. The summed E-state index contributed by atoms with van der Waals surface area (Å²) in [6.45, 7) is 1.65. The van der Waals surface area contributed by atoms with E-state index >= 15 is 0 Å². The third-order valence-corrected chi connectivity index (χ3v) is 4.45. The lowest BCUT2D eigenvalue weighted by molar-refractivity contribution is -0.113. The van der Waals surface area contributed by atoms with Gasteiger partial charge in [0.1, 0.15) is 17.2 Å². The molecule has 0 aliphatic carbocycles. The molecule has 0 bridgehead atoms. The lowest BCUT2D eigenvalue weighted by atomic mass is 10.2. The molecule has 0 spiro atoms.